The van der Waals surface area contributed by atoms with Gasteiger partial charge in [0.05, 0.1) is 29.1 Å². The summed E-state index contributed by atoms with van der Waals surface area (Å²) in [5.74, 6) is -0.298. The van der Waals surface area contributed by atoms with E-state index in [4.69, 9.17) is 11.6 Å². The van der Waals surface area contributed by atoms with Gasteiger partial charge in [-0.1, -0.05) is 11.6 Å². The van der Waals surface area contributed by atoms with Gasteiger partial charge in [-0.05, 0) is 20.8 Å². The first kappa shape index (κ1) is 13.9. The molecule has 1 N–H and O–H groups in total. The predicted octanol–water partition coefficient (Wildman–Crippen LogP) is 2.69. The second-order valence-electron chi connectivity index (χ2n) is 4.10. The summed E-state index contributed by atoms with van der Waals surface area (Å²) in [6.45, 7) is 5.79. The number of amides is 1. The smallest absolute Gasteiger partial charge is 0.272 e. The Kier molecular flexibility index (Phi) is 4.11. The van der Waals surface area contributed by atoms with Gasteiger partial charge in [0.2, 0.25) is 0 Å². The summed E-state index contributed by atoms with van der Waals surface area (Å²) in [6.07, 6.45) is 2.77. The highest BCUT2D eigenvalue weighted by atomic mass is 35.5. The van der Waals surface area contributed by atoms with Crippen molar-refractivity contribution in [3.8, 4) is 0 Å². The number of nitrogens with one attached hydrogen (secondary N) is 1. The van der Waals surface area contributed by atoms with Gasteiger partial charge in [0.25, 0.3) is 5.91 Å². The molecule has 0 aliphatic heterocycles. The maximum Gasteiger partial charge on any atom is 0.272 e. The second kappa shape index (κ2) is 5.63. The van der Waals surface area contributed by atoms with Gasteiger partial charge in [-0.3, -0.25) is 9.78 Å². The molecule has 19 heavy (non-hydrogen) atoms. The van der Waals surface area contributed by atoms with Gasteiger partial charge < -0.3 is 5.32 Å². The number of carbonyl (C=O) groups excluding carboxylic acids is 1. The summed E-state index contributed by atoms with van der Waals surface area (Å²) in [6, 6.07) is -0.125. The zero-order chi connectivity index (χ0) is 14.0. The Labute approximate surface area is 120 Å². The Morgan fingerprint density at radius 2 is 2.11 bits per heavy atom. The number of aromatic nitrogens is 3. The largest absolute Gasteiger partial charge is 0.343 e. The standard InChI is InChI=1S/C12H13ClN4OS/c1-6-11(19-8(3)15-6)7(2)16-12(18)9-4-14-5-10(13)17-9/h4-5,7H,1-3H3,(H,16,18). The van der Waals surface area contributed by atoms with E-state index in [0.717, 1.165) is 15.6 Å². The third-order valence-electron chi connectivity index (χ3n) is 2.52. The normalized spacial score (nSPS) is 12.2. The average molecular weight is 297 g/mol. The molecule has 0 saturated heterocycles. The molecule has 2 aromatic heterocycles. The van der Waals surface area contributed by atoms with Crippen molar-refractivity contribution in [2.24, 2.45) is 0 Å². The lowest BCUT2D eigenvalue weighted by molar-refractivity contribution is 0.0935. The lowest BCUT2D eigenvalue weighted by atomic mass is 10.2. The molecule has 1 atom stereocenters. The molecular weight excluding hydrogens is 284 g/mol. The van der Waals surface area contributed by atoms with Crippen molar-refractivity contribution in [3.63, 3.8) is 0 Å². The number of nitrogens with zero attached hydrogens (tertiary/aromatic N) is 3. The van der Waals surface area contributed by atoms with Gasteiger partial charge in [0.15, 0.2) is 0 Å². The van der Waals surface area contributed by atoms with Crippen LogP contribution in [-0.2, 0) is 0 Å². The van der Waals surface area contributed by atoms with Crippen LogP contribution in [0.25, 0.3) is 0 Å². The Morgan fingerprint density at radius 3 is 2.68 bits per heavy atom. The first-order valence-corrected chi connectivity index (χ1v) is 6.89. The van der Waals surface area contributed by atoms with E-state index in [1.54, 1.807) is 11.3 Å². The molecule has 100 valence electrons. The van der Waals surface area contributed by atoms with Crippen LogP contribution in [0.5, 0.6) is 0 Å². The summed E-state index contributed by atoms with van der Waals surface area (Å²) >= 11 is 7.28. The maximum absolute atomic E-state index is 12.0. The number of carbonyl (C=O) groups is 1. The minimum atomic E-state index is -0.298. The van der Waals surface area contributed by atoms with E-state index in [1.807, 2.05) is 20.8 Å². The minimum Gasteiger partial charge on any atom is -0.343 e. The van der Waals surface area contributed by atoms with Crippen molar-refractivity contribution in [2.45, 2.75) is 26.8 Å². The molecule has 1 amide bonds. The third kappa shape index (κ3) is 3.27. The van der Waals surface area contributed by atoms with Crippen LogP contribution in [0.1, 0.15) is 39.0 Å². The molecule has 7 heteroatoms. The summed E-state index contributed by atoms with van der Waals surface area (Å²) < 4.78 is 0. The van der Waals surface area contributed by atoms with Crippen molar-refractivity contribution in [3.05, 3.63) is 38.8 Å². The zero-order valence-electron chi connectivity index (χ0n) is 10.8. The fourth-order valence-electron chi connectivity index (χ4n) is 1.74. The lowest BCUT2D eigenvalue weighted by Gasteiger charge is -2.12. The van der Waals surface area contributed by atoms with Gasteiger partial charge in [-0.2, -0.15) is 0 Å². The molecular formula is C12H13ClN4OS. The van der Waals surface area contributed by atoms with Crippen molar-refractivity contribution in [1.29, 1.82) is 0 Å². The van der Waals surface area contributed by atoms with E-state index < -0.39 is 0 Å². The molecule has 2 heterocycles. The van der Waals surface area contributed by atoms with Crippen LogP contribution in [0.15, 0.2) is 12.4 Å². The Morgan fingerprint density at radius 1 is 1.37 bits per heavy atom. The van der Waals surface area contributed by atoms with Crippen LogP contribution in [-0.4, -0.2) is 20.9 Å². The van der Waals surface area contributed by atoms with Gasteiger partial charge >= 0.3 is 0 Å². The van der Waals surface area contributed by atoms with Gasteiger partial charge in [0.1, 0.15) is 10.8 Å². The van der Waals surface area contributed by atoms with Crippen molar-refractivity contribution >= 4 is 28.8 Å². The van der Waals surface area contributed by atoms with E-state index in [-0.39, 0.29) is 22.8 Å². The molecule has 0 aliphatic carbocycles. The van der Waals surface area contributed by atoms with Crippen molar-refractivity contribution < 1.29 is 4.79 Å². The van der Waals surface area contributed by atoms with Crippen molar-refractivity contribution in [1.82, 2.24) is 20.3 Å². The van der Waals surface area contributed by atoms with E-state index in [1.165, 1.54) is 12.4 Å². The van der Waals surface area contributed by atoms with Crippen molar-refractivity contribution in [2.75, 3.05) is 0 Å². The zero-order valence-corrected chi connectivity index (χ0v) is 12.3. The SMILES string of the molecule is Cc1nc(C)c(C(C)NC(=O)c2cncc(Cl)n2)s1. The summed E-state index contributed by atoms with van der Waals surface area (Å²) in [7, 11) is 0. The molecule has 0 spiro atoms. The summed E-state index contributed by atoms with van der Waals surface area (Å²) in [4.78, 5) is 25.2. The minimum absolute atomic E-state index is 0.125. The van der Waals surface area contributed by atoms with E-state index in [2.05, 4.69) is 20.3 Å². The Hall–Kier alpha value is -1.53. The number of aryl methyl sites for hydroxylation is 2. The topological polar surface area (TPSA) is 67.8 Å². The molecule has 1 unspecified atom stereocenters. The lowest BCUT2D eigenvalue weighted by Crippen LogP contribution is -2.27. The highest BCUT2D eigenvalue weighted by Gasteiger charge is 2.17. The average Bonchev–Trinajstić information content (AvgIpc) is 2.68. The van der Waals surface area contributed by atoms with Gasteiger partial charge in [-0.15, -0.1) is 11.3 Å². The fraction of sp³-hybridized carbons (Fsp3) is 0.333. The van der Waals surface area contributed by atoms with Crippen LogP contribution >= 0.6 is 22.9 Å². The summed E-state index contributed by atoms with van der Waals surface area (Å²) in [5, 5.41) is 4.05. The molecule has 0 aliphatic rings. The van der Waals surface area contributed by atoms with Crippen LogP contribution < -0.4 is 5.32 Å². The van der Waals surface area contributed by atoms with Crippen LogP contribution in [0.4, 0.5) is 0 Å². The van der Waals surface area contributed by atoms with E-state index in [0.29, 0.717) is 0 Å². The molecule has 0 aromatic carbocycles. The number of halogens is 1. The number of thiazole rings is 1. The highest BCUT2D eigenvalue weighted by Crippen LogP contribution is 2.24. The molecule has 5 nitrogen and oxygen atoms in total. The fourth-order valence-corrected chi connectivity index (χ4v) is 2.81. The first-order valence-electron chi connectivity index (χ1n) is 5.69. The van der Waals surface area contributed by atoms with E-state index >= 15 is 0 Å². The number of rotatable bonds is 3. The molecule has 0 radical (unpaired) electrons. The van der Waals surface area contributed by atoms with Gasteiger partial charge in [-0.25, -0.2) is 9.97 Å². The third-order valence-corrected chi connectivity index (χ3v) is 3.96. The summed E-state index contributed by atoms with van der Waals surface area (Å²) in [5.41, 5.74) is 1.14. The van der Waals surface area contributed by atoms with Crippen LogP contribution in [0.2, 0.25) is 5.15 Å². The highest BCUT2D eigenvalue weighted by molar-refractivity contribution is 7.11. The predicted molar refractivity (Wildman–Crippen MR) is 74.5 cm³/mol. The van der Waals surface area contributed by atoms with Crippen LogP contribution in [0.3, 0.4) is 0 Å². The second-order valence-corrected chi connectivity index (χ2v) is 5.73. The number of hydrogen-bond donors (Lipinski definition) is 1. The first-order chi connectivity index (χ1) is 8.97. The monoisotopic (exact) mass is 296 g/mol. The van der Waals surface area contributed by atoms with Gasteiger partial charge in [0, 0.05) is 4.88 Å². The quantitative estimate of drug-likeness (QED) is 0.945. The number of hydrogen-bond acceptors (Lipinski definition) is 5. The molecule has 0 fully saturated rings. The Bertz CT molecular complexity index is 614. The molecule has 2 aromatic rings. The van der Waals surface area contributed by atoms with E-state index in [9.17, 15) is 4.79 Å². The maximum atomic E-state index is 12.0. The molecule has 2 rings (SSSR count). The Balaban J connectivity index is 2.13. The molecule has 0 bridgehead atoms. The van der Waals surface area contributed by atoms with Crippen LogP contribution in [0, 0.1) is 13.8 Å². The molecule has 0 saturated carbocycles.